The van der Waals surface area contributed by atoms with Crippen LogP contribution in [0.4, 0.5) is 5.82 Å². The van der Waals surface area contributed by atoms with Crippen LogP contribution in [-0.2, 0) is 5.41 Å². The lowest BCUT2D eigenvalue weighted by Gasteiger charge is -2.20. The number of nitrogens with one attached hydrogen (secondary N) is 1. The molecular formula is C11H18N4. The predicted octanol–water partition coefficient (Wildman–Crippen LogP) is 1.14. The van der Waals surface area contributed by atoms with E-state index in [0.717, 1.165) is 31.4 Å². The number of rotatable bonds is 1. The van der Waals surface area contributed by atoms with Gasteiger partial charge in [-0.15, -0.1) is 0 Å². The molecule has 1 saturated heterocycles. The first kappa shape index (κ1) is 10.4. The number of hydrogen-bond acceptors (Lipinski definition) is 4. The maximum absolute atomic E-state index is 4.60. The molecule has 2 rings (SSSR count). The van der Waals surface area contributed by atoms with Crippen molar-refractivity contribution in [2.24, 2.45) is 0 Å². The molecule has 1 aromatic rings. The molecule has 1 aliphatic rings. The van der Waals surface area contributed by atoms with Crippen LogP contribution >= 0.6 is 0 Å². The van der Waals surface area contributed by atoms with Gasteiger partial charge in [-0.2, -0.15) is 0 Å². The van der Waals surface area contributed by atoms with Crippen molar-refractivity contribution in [1.29, 1.82) is 0 Å². The number of aromatic nitrogens is 2. The fourth-order valence-corrected chi connectivity index (χ4v) is 1.59. The van der Waals surface area contributed by atoms with Crippen molar-refractivity contribution in [3.8, 4) is 0 Å². The number of anilines is 1. The summed E-state index contributed by atoms with van der Waals surface area (Å²) < 4.78 is 0. The van der Waals surface area contributed by atoms with E-state index in [4.69, 9.17) is 0 Å². The quantitative estimate of drug-likeness (QED) is 0.748. The second-order valence-corrected chi connectivity index (χ2v) is 4.91. The molecule has 0 atom stereocenters. The Morgan fingerprint density at radius 1 is 1.40 bits per heavy atom. The average Bonchev–Trinajstić information content (AvgIpc) is 2.69. The Bertz CT molecular complexity index is 337. The topological polar surface area (TPSA) is 41.1 Å². The molecule has 1 aliphatic heterocycles. The Balaban J connectivity index is 2.26. The maximum atomic E-state index is 4.60. The van der Waals surface area contributed by atoms with Gasteiger partial charge in [0.15, 0.2) is 0 Å². The highest BCUT2D eigenvalue weighted by molar-refractivity contribution is 5.38. The van der Waals surface area contributed by atoms with Crippen LogP contribution in [0.1, 0.15) is 26.6 Å². The van der Waals surface area contributed by atoms with E-state index in [1.54, 1.807) is 0 Å². The van der Waals surface area contributed by atoms with Gasteiger partial charge in [-0.25, -0.2) is 9.97 Å². The van der Waals surface area contributed by atoms with Gasteiger partial charge >= 0.3 is 0 Å². The second-order valence-electron chi connectivity index (χ2n) is 4.91. The van der Waals surface area contributed by atoms with Gasteiger partial charge in [-0.05, 0) is 6.07 Å². The van der Waals surface area contributed by atoms with E-state index in [2.05, 4.69) is 41.0 Å². The Labute approximate surface area is 90.7 Å². The van der Waals surface area contributed by atoms with Gasteiger partial charge in [-0.1, -0.05) is 20.8 Å². The van der Waals surface area contributed by atoms with Gasteiger partial charge in [0.1, 0.15) is 11.6 Å². The van der Waals surface area contributed by atoms with E-state index in [1.807, 2.05) is 12.3 Å². The van der Waals surface area contributed by atoms with Crippen molar-refractivity contribution in [1.82, 2.24) is 15.3 Å². The van der Waals surface area contributed by atoms with Gasteiger partial charge in [0.2, 0.25) is 0 Å². The molecular weight excluding hydrogens is 188 g/mol. The monoisotopic (exact) mass is 206 g/mol. The Hall–Kier alpha value is -1.16. The van der Waals surface area contributed by atoms with Gasteiger partial charge in [-0.3, -0.25) is 5.32 Å². The van der Waals surface area contributed by atoms with E-state index in [-0.39, 0.29) is 5.41 Å². The van der Waals surface area contributed by atoms with E-state index < -0.39 is 0 Å². The van der Waals surface area contributed by atoms with Crippen LogP contribution in [0.2, 0.25) is 0 Å². The summed E-state index contributed by atoms with van der Waals surface area (Å²) in [5.41, 5.74) is 0.0170. The molecule has 4 nitrogen and oxygen atoms in total. The van der Waals surface area contributed by atoms with Crippen molar-refractivity contribution in [2.45, 2.75) is 26.2 Å². The molecule has 82 valence electrons. The molecule has 0 aliphatic carbocycles. The molecule has 1 fully saturated rings. The molecule has 4 heteroatoms. The van der Waals surface area contributed by atoms with E-state index in [0.29, 0.717) is 0 Å². The van der Waals surface area contributed by atoms with E-state index in [1.165, 1.54) is 0 Å². The Kier molecular flexibility index (Phi) is 2.61. The molecule has 1 N–H and O–H groups in total. The van der Waals surface area contributed by atoms with Crippen molar-refractivity contribution < 1.29 is 0 Å². The number of nitrogens with zero attached hydrogens (tertiary/aromatic N) is 3. The molecule has 0 radical (unpaired) electrons. The highest BCUT2D eigenvalue weighted by atomic mass is 15.3. The highest BCUT2D eigenvalue weighted by Crippen LogP contribution is 2.20. The van der Waals surface area contributed by atoms with Gasteiger partial charge in [0.25, 0.3) is 0 Å². The summed E-state index contributed by atoms with van der Waals surface area (Å²) in [5, 5.41) is 3.29. The molecule has 15 heavy (non-hydrogen) atoms. The van der Waals surface area contributed by atoms with Crippen LogP contribution in [-0.4, -0.2) is 29.7 Å². The molecule has 2 heterocycles. The third-order valence-electron chi connectivity index (χ3n) is 2.50. The molecule has 0 saturated carbocycles. The van der Waals surface area contributed by atoms with Gasteiger partial charge in [0, 0.05) is 24.7 Å². The SMILES string of the molecule is CC(C)(C)c1nccc(N2CCNC2)n1. The molecule has 0 aromatic carbocycles. The summed E-state index contributed by atoms with van der Waals surface area (Å²) >= 11 is 0. The summed E-state index contributed by atoms with van der Waals surface area (Å²) in [6.07, 6.45) is 1.85. The van der Waals surface area contributed by atoms with Crippen molar-refractivity contribution >= 4 is 5.82 Å². The lowest BCUT2D eigenvalue weighted by molar-refractivity contribution is 0.544. The molecule has 0 unspecified atom stereocenters. The van der Waals surface area contributed by atoms with Crippen LogP contribution in [0, 0.1) is 0 Å². The van der Waals surface area contributed by atoms with Gasteiger partial charge in [0.05, 0.1) is 6.67 Å². The Morgan fingerprint density at radius 3 is 2.80 bits per heavy atom. The lowest BCUT2D eigenvalue weighted by atomic mass is 9.96. The van der Waals surface area contributed by atoms with Crippen molar-refractivity contribution in [3.63, 3.8) is 0 Å². The first-order chi connectivity index (χ1) is 7.07. The molecule has 0 amide bonds. The third-order valence-corrected chi connectivity index (χ3v) is 2.50. The predicted molar refractivity (Wildman–Crippen MR) is 60.9 cm³/mol. The minimum atomic E-state index is 0.0170. The smallest absolute Gasteiger partial charge is 0.135 e. The second kappa shape index (κ2) is 3.77. The minimum absolute atomic E-state index is 0.0170. The first-order valence-electron chi connectivity index (χ1n) is 5.36. The number of hydrogen-bond donors (Lipinski definition) is 1. The summed E-state index contributed by atoms with van der Waals surface area (Å²) in [5.74, 6) is 1.94. The summed E-state index contributed by atoms with van der Waals surface area (Å²) in [7, 11) is 0. The maximum Gasteiger partial charge on any atom is 0.135 e. The first-order valence-corrected chi connectivity index (χ1v) is 5.36. The zero-order valence-corrected chi connectivity index (χ0v) is 9.62. The van der Waals surface area contributed by atoms with Crippen molar-refractivity contribution in [3.05, 3.63) is 18.1 Å². The largest absolute Gasteiger partial charge is 0.342 e. The van der Waals surface area contributed by atoms with Crippen molar-refractivity contribution in [2.75, 3.05) is 24.7 Å². The van der Waals surface area contributed by atoms with Crippen LogP contribution in [0.3, 0.4) is 0 Å². The fraction of sp³-hybridized carbons (Fsp3) is 0.636. The van der Waals surface area contributed by atoms with Crippen LogP contribution in [0.15, 0.2) is 12.3 Å². The molecule has 1 aromatic heterocycles. The summed E-state index contributed by atoms with van der Waals surface area (Å²) in [6, 6.07) is 1.97. The van der Waals surface area contributed by atoms with Crippen LogP contribution < -0.4 is 10.2 Å². The highest BCUT2D eigenvalue weighted by Gasteiger charge is 2.19. The van der Waals surface area contributed by atoms with E-state index >= 15 is 0 Å². The van der Waals surface area contributed by atoms with Gasteiger partial charge < -0.3 is 4.90 Å². The third kappa shape index (κ3) is 2.26. The standard InChI is InChI=1S/C11H18N4/c1-11(2,3)10-13-5-4-9(14-10)15-7-6-12-8-15/h4-5,12H,6-8H2,1-3H3. The lowest BCUT2D eigenvalue weighted by Crippen LogP contribution is -2.24. The van der Waals surface area contributed by atoms with E-state index in [9.17, 15) is 0 Å². The summed E-state index contributed by atoms with van der Waals surface area (Å²) in [4.78, 5) is 11.2. The fourth-order valence-electron chi connectivity index (χ4n) is 1.59. The molecule has 0 spiro atoms. The van der Waals surface area contributed by atoms with Crippen LogP contribution in [0.25, 0.3) is 0 Å². The minimum Gasteiger partial charge on any atom is -0.342 e. The zero-order valence-electron chi connectivity index (χ0n) is 9.62. The zero-order chi connectivity index (χ0) is 10.9. The average molecular weight is 206 g/mol. The molecule has 0 bridgehead atoms. The summed E-state index contributed by atoms with van der Waals surface area (Å²) in [6.45, 7) is 9.35. The normalized spacial score (nSPS) is 17.1. The van der Waals surface area contributed by atoms with Crippen LogP contribution in [0.5, 0.6) is 0 Å². The Morgan fingerprint density at radius 2 is 2.20 bits per heavy atom.